The highest BCUT2D eigenvalue weighted by Gasteiger charge is 2.69. The van der Waals surface area contributed by atoms with Gasteiger partial charge in [0, 0.05) is 43.5 Å². The number of anilines is 2. The fraction of sp³-hybridized carbons (Fsp3) is 0.438. The Morgan fingerprint density at radius 3 is 2.24 bits per heavy atom. The molecule has 0 heterocycles. The van der Waals surface area contributed by atoms with Crippen molar-refractivity contribution in [3.05, 3.63) is 47.0 Å². The Bertz CT molecular complexity index is 1760. The molecule has 0 bridgehead atoms. The minimum absolute atomic E-state index is 0.0507. The molecule has 262 valence electrons. The first-order valence-corrected chi connectivity index (χ1v) is 15.1. The van der Waals surface area contributed by atoms with Gasteiger partial charge >= 0.3 is 12.4 Å². The molecule has 3 aliphatic rings. The average molecular weight is 690 g/mol. The molecule has 0 radical (unpaired) electrons. The fourth-order valence-electron chi connectivity index (χ4n) is 7.33. The van der Waals surface area contributed by atoms with Crippen molar-refractivity contribution >= 4 is 46.4 Å². The second kappa shape index (κ2) is 12.5. The van der Waals surface area contributed by atoms with Gasteiger partial charge in [-0.05, 0) is 68.8 Å². The Morgan fingerprint density at radius 1 is 1.06 bits per heavy atom. The Kier molecular flexibility index (Phi) is 8.96. The van der Waals surface area contributed by atoms with Crippen LogP contribution in [0.4, 0.5) is 29.3 Å². The summed E-state index contributed by atoms with van der Waals surface area (Å²) in [6.45, 7) is -0.339. The molecule has 14 nitrogen and oxygen atoms in total. The average Bonchev–Trinajstić information content (AvgIpc) is 2.98. The summed E-state index contributed by atoms with van der Waals surface area (Å²) >= 11 is 0. The van der Waals surface area contributed by atoms with Crippen LogP contribution in [0.2, 0.25) is 0 Å². The zero-order valence-electron chi connectivity index (χ0n) is 26.8. The molecule has 17 heteroatoms. The van der Waals surface area contributed by atoms with Gasteiger partial charge in [0.15, 0.2) is 34.7 Å². The summed E-state index contributed by atoms with van der Waals surface area (Å²) in [5, 5.41) is 28.0. The van der Waals surface area contributed by atoms with Gasteiger partial charge in [-0.3, -0.25) is 28.9 Å². The zero-order chi connectivity index (χ0) is 36.3. The Balaban J connectivity index is 1.44. The molecule has 2 saturated carbocycles. The number of nitrogens with two attached hydrogens (primary N) is 1. The first-order chi connectivity index (χ1) is 22.8. The highest BCUT2D eigenvalue weighted by molar-refractivity contribution is 6.32. The number of primary amides is 1. The number of likely N-dealkylation sites (N-methyl/N-ethyl adjacent to an activating group) is 1. The number of carbonyl (C=O) groups is 6. The number of amides is 3. The quantitative estimate of drug-likeness (QED) is 0.261. The van der Waals surface area contributed by atoms with Crippen LogP contribution in [-0.2, 0) is 32.1 Å². The summed E-state index contributed by atoms with van der Waals surface area (Å²) in [4.78, 5) is 82.9. The van der Waals surface area contributed by atoms with Gasteiger partial charge in [0.2, 0.25) is 5.91 Å². The number of nitrogens with one attached hydrogen (secondary N) is 2. The van der Waals surface area contributed by atoms with E-state index in [0.29, 0.717) is 11.3 Å². The van der Waals surface area contributed by atoms with Crippen LogP contribution in [0.3, 0.4) is 0 Å². The maximum absolute atomic E-state index is 14.2. The van der Waals surface area contributed by atoms with Crippen LogP contribution in [0, 0.1) is 23.7 Å². The number of phenolic OH excluding ortho intramolecular Hbond substituents is 1. The molecule has 6 atom stereocenters. The van der Waals surface area contributed by atoms with Crippen LogP contribution in [0.5, 0.6) is 11.5 Å². The van der Waals surface area contributed by atoms with Crippen molar-refractivity contribution in [1.82, 2.24) is 10.2 Å². The van der Waals surface area contributed by atoms with Crippen LogP contribution < -0.4 is 26.0 Å². The van der Waals surface area contributed by atoms with E-state index >= 15 is 0 Å². The molecule has 0 spiro atoms. The summed E-state index contributed by atoms with van der Waals surface area (Å²) in [6.07, 6.45) is -4.94. The molecule has 3 amide bonds. The number of fused-ring (bicyclic) bond motifs is 3. The highest BCUT2D eigenvalue weighted by Crippen LogP contribution is 2.52. The normalized spacial score (nSPS) is 26.4. The van der Waals surface area contributed by atoms with E-state index in [1.165, 1.54) is 31.1 Å². The van der Waals surface area contributed by atoms with Crippen LogP contribution in [-0.4, -0.2) is 96.4 Å². The monoisotopic (exact) mass is 689 g/mol. The second-order valence-electron chi connectivity index (χ2n) is 12.8. The third kappa shape index (κ3) is 6.07. The number of benzene rings is 2. The number of aromatic hydroxyl groups is 1. The summed E-state index contributed by atoms with van der Waals surface area (Å²) in [5.41, 5.74) is 3.29. The smallest absolute Gasteiger partial charge is 0.507 e. The lowest BCUT2D eigenvalue weighted by molar-refractivity contribution is -0.274. The van der Waals surface area contributed by atoms with Crippen molar-refractivity contribution < 1.29 is 56.9 Å². The van der Waals surface area contributed by atoms with E-state index in [1.807, 2.05) is 0 Å². The summed E-state index contributed by atoms with van der Waals surface area (Å²) in [6, 6.07) is 3.86. The molecule has 3 aliphatic carbocycles. The van der Waals surface area contributed by atoms with Gasteiger partial charge in [-0.2, -0.15) is 0 Å². The maximum Gasteiger partial charge on any atom is 0.573 e. The minimum Gasteiger partial charge on any atom is -0.507 e. The molecule has 6 N–H and O–H groups in total. The van der Waals surface area contributed by atoms with Gasteiger partial charge in [-0.1, -0.05) is 0 Å². The predicted octanol–water partition coefficient (Wildman–Crippen LogP) is 1.15. The molecule has 0 saturated heterocycles. The highest BCUT2D eigenvalue weighted by atomic mass is 19.4. The van der Waals surface area contributed by atoms with Crippen molar-refractivity contribution in [3.63, 3.8) is 0 Å². The standard InChI is InChI=1S/C32H34F3N5O9/c1-39(2)19-11-14(12-37-30(47)38-15-5-7-16(8-6-15)49-32(33,34)35)24(41)21-17(19)9-13-10-18-23(40(3)4)26(43)22(29(36)46)28(45)31(18,48)27(44)20(13)25(21)42/h5-8,11,13,18,20,22-23,41,48H,9-10,12H2,1-4H3,(H2,36,46)(H2,37,38,47)/t13-,18-,20?,22?,23-,31-/m0/s1. The van der Waals surface area contributed by atoms with Crippen molar-refractivity contribution in [2.75, 3.05) is 38.4 Å². The third-order valence-corrected chi connectivity index (χ3v) is 9.38. The van der Waals surface area contributed by atoms with Gasteiger partial charge in [0.05, 0.1) is 17.5 Å². The van der Waals surface area contributed by atoms with Gasteiger partial charge in [-0.15, -0.1) is 13.2 Å². The van der Waals surface area contributed by atoms with E-state index in [-0.39, 0.29) is 36.2 Å². The zero-order valence-corrected chi connectivity index (χ0v) is 26.8. The van der Waals surface area contributed by atoms with E-state index in [2.05, 4.69) is 15.4 Å². The summed E-state index contributed by atoms with van der Waals surface area (Å²) in [7, 11) is 6.34. The number of aliphatic hydroxyl groups is 1. The van der Waals surface area contributed by atoms with E-state index in [1.54, 1.807) is 25.1 Å². The number of Topliss-reactive ketones (excluding diaryl/α,β-unsaturated/α-hetero) is 4. The van der Waals surface area contributed by atoms with E-state index in [0.717, 1.165) is 12.1 Å². The Labute approximate surface area is 277 Å². The first-order valence-electron chi connectivity index (χ1n) is 15.1. The van der Waals surface area contributed by atoms with E-state index < -0.39 is 88.2 Å². The number of carbonyl (C=O) groups excluding carboxylic acids is 6. The van der Waals surface area contributed by atoms with E-state index in [9.17, 15) is 52.2 Å². The third-order valence-electron chi connectivity index (χ3n) is 9.38. The van der Waals surface area contributed by atoms with Crippen LogP contribution in [0.15, 0.2) is 30.3 Å². The number of rotatable bonds is 7. The maximum atomic E-state index is 14.2. The SMILES string of the molecule is CN(C)c1cc(CNC(=O)Nc2ccc(OC(F)(F)F)cc2)c(O)c2c1C[C@H]1C[C@H]3[C@H](N(C)C)C(=O)C(C(N)=O)C(=O)[C@@]3(O)C(=O)C1C2=O. The number of ether oxygens (including phenoxy) is 1. The van der Waals surface area contributed by atoms with Crippen LogP contribution >= 0.6 is 0 Å². The van der Waals surface area contributed by atoms with Crippen molar-refractivity contribution in [1.29, 1.82) is 0 Å². The summed E-state index contributed by atoms with van der Waals surface area (Å²) < 4.78 is 41.1. The number of urea groups is 1. The molecule has 2 aromatic carbocycles. The molecule has 2 aromatic rings. The second-order valence-corrected chi connectivity index (χ2v) is 12.8. The number of ketones is 4. The Morgan fingerprint density at radius 2 is 1.69 bits per heavy atom. The molecule has 0 aliphatic heterocycles. The topological polar surface area (TPSA) is 209 Å². The number of alkyl halides is 3. The van der Waals surface area contributed by atoms with Crippen molar-refractivity contribution in [3.8, 4) is 11.5 Å². The number of phenols is 1. The largest absolute Gasteiger partial charge is 0.573 e. The van der Waals surface area contributed by atoms with Gasteiger partial charge in [-0.25, -0.2) is 4.79 Å². The van der Waals surface area contributed by atoms with Crippen LogP contribution in [0.25, 0.3) is 0 Å². The molecule has 49 heavy (non-hydrogen) atoms. The molecule has 2 unspecified atom stereocenters. The lowest BCUT2D eigenvalue weighted by atomic mass is 9.52. The van der Waals surface area contributed by atoms with Crippen molar-refractivity contribution in [2.24, 2.45) is 29.4 Å². The van der Waals surface area contributed by atoms with Gasteiger partial charge < -0.3 is 36.2 Å². The molecule has 5 rings (SSSR count). The van der Waals surface area contributed by atoms with Gasteiger partial charge in [0.25, 0.3) is 0 Å². The van der Waals surface area contributed by atoms with Crippen LogP contribution in [0.1, 0.15) is 27.9 Å². The first kappa shape index (κ1) is 35.3. The number of hydrogen-bond donors (Lipinski definition) is 5. The Hall–Kier alpha value is -5.03. The molecule has 0 aromatic heterocycles. The minimum atomic E-state index is -4.89. The summed E-state index contributed by atoms with van der Waals surface area (Å²) in [5.74, 6) is -12.4. The van der Waals surface area contributed by atoms with Gasteiger partial charge in [0.1, 0.15) is 11.5 Å². The number of nitrogens with zero attached hydrogens (tertiary/aromatic N) is 2. The molecular formula is C32H34F3N5O9. The lowest BCUT2D eigenvalue weighted by Crippen LogP contribution is -2.74. The number of halogens is 3. The molecule has 2 fully saturated rings. The predicted molar refractivity (Wildman–Crippen MR) is 165 cm³/mol. The lowest BCUT2D eigenvalue weighted by Gasteiger charge is -2.52. The fourth-order valence-corrected chi connectivity index (χ4v) is 7.33. The molecular weight excluding hydrogens is 655 g/mol. The van der Waals surface area contributed by atoms with E-state index in [4.69, 9.17) is 5.73 Å². The van der Waals surface area contributed by atoms with Crippen molar-refractivity contribution in [2.45, 2.75) is 37.4 Å². The number of hydrogen-bond acceptors (Lipinski definition) is 11.